The van der Waals surface area contributed by atoms with Crippen molar-refractivity contribution >= 4 is 15.9 Å². The maximum atomic E-state index is 12.6. The van der Waals surface area contributed by atoms with Gasteiger partial charge in [-0.15, -0.1) is 0 Å². The number of rotatable bonds is 5. The summed E-state index contributed by atoms with van der Waals surface area (Å²) in [7, 11) is -3.63. The van der Waals surface area contributed by atoms with Crippen molar-refractivity contribution in [2.45, 2.75) is 50.6 Å². The van der Waals surface area contributed by atoms with Crippen LogP contribution in [0.3, 0.4) is 0 Å². The highest BCUT2D eigenvalue weighted by atomic mass is 32.2. The first-order valence-corrected chi connectivity index (χ1v) is 9.78. The Morgan fingerprint density at radius 3 is 2.46 bits per heavy atom. The van der Waals surface area contributed by atoms with Crippen molar-refractivity contribution in [1.29, 1.82) is 0 Å². The molecule has 0 atom stereocenters. The molecule has 0 saturated carbocycles. The van der Waals surface area contributed by atoms with E-state index in [2.05, 4.69) is 15.4 Å². The monoisotopic (exact) mass is 353 g/mol. The predicted molar refractivity (Wildman–Crippen MR) is 94.0 cm³/mol. The first-order chi connectivity index (χ1) is 11.2. The molecule has 24 heavy (non-hydrogen) atoms. The fourth-order valence-electron chi connectivity index (χ4n) is 2.78. The van der Waals surface area contributed by atoms with E-state index in [9.17, 15) is 13.2 Å². The first kappa shape index (κ1) is 18.9. The lowest BCUT2D eigenvalue weighted by molar-refractivity contribution is -0.125. The van der Waals surface area contributed by atoms with Crippen LogP contribution < -0.4 is 15.4 Å². The minimum Gasteiger partial charge on any atom is -0.352 e. The standard InChI is InChI=1S/C17H27N3O3S/c1-17(2,3)20-24(22,23)15-7-5-4-6-14(15)12-19-16(21)13-8-10-18-11-9-13/h4-7,13,18,20H,8-12H2,1-3H3,(H,19,21). The molecule has 0 unspecified atom stereocenters. The topological polar surface area (TPSA) is 87.3 Å². The molecule has 2 rings (SSSR count). The van der Waals surface area contributed by atoms with Gasteiger partial charge in [0.2, 0.25) is 15.9 Å². The van der Waals surface area contributed by atoms with Crippen molar-refractivity contribution in [3.05, 3.63) is 29.8 Å². The highest BCUT2D eigenvalue weighted by molar-refractivity contribution is 7.89. The number of benzene rings is 1. The van der Waals surface area contributed by atoms with E-state index in [1.54, 1.807) is 45.0 Å². The van der Waals surface area contributed by atoms with E-state index in [0.717, 1.165) is 25.9 Å². The molecule has 1 heterocycles. The van der Waals surface area contributed by atoms with Crippen LogP contribution in [0.15, 0.2) is 29.2 Å². The van der Waals surface area contributed by atoms with Gasteiger partial charge in [0, 0.05) is 18.0 Å². The van der Waals surface area contributed by atoms with Crippen LogP contribution in [0.25, 0.3) is 0 Å². The van der Waals surface area contributed by atoms with Crippen LogP contribution in [-0.2, 0) is 21.4 Å². The van der Waals surface area contributed by atoms with Crippen molar-refractivity contribution in [3.8, 4) is 0 Å². The number of carbonyl (C=O) groups is 1. The second kappa shape index (κ2) is 7.63. The predicted octanol–water partition coefficient (Wildman–Crippen LogP) is 1.38. The summed E-state index contributed by atoms with van der Waals surface area (Å²) in [5.74, 6) is -0.00444. The molecule has 1 aliphatic heterocycles. The maximum Gasteiger partial charge on any atom is 0.241 e. The smallest absolute Gasteiger partial charge is 0.241 e. The Labute approximate surface area is 144 Å². The van der Waals surface area contributed by atoms with E-state index in [-0.39, 0.29) is 23.3 Å². The van der Waals surface area contributed by atoms with Gasteiger partial charge in [0.05, 0.1) is 4.90 Å². The summed E-state index contributed by atoms with van der Waals surface area (Å²) in [5.41, 5.74) is 0.0288. The molecule has 0 aromatic heterocycles. The largest absolute Gasteiger partial charge is 0.352 e. The van der Waals surface area contributed by atoms with Gasteiger partial charge in [-0.2, -0.15) is 0 Å². The highest BCUT2D eigenvalue weighted by Gasteiger charge is 2.25. The lowest BCUT2D eigenvalue weighted by Crippen LogP contribution is -2.41. The third-order valence-electron chi connectivity index (χ3n) is 3.87. The third kappa shape index (κ3) is 5.29. The van der Waals surface area contributed by atoms with Gasteiger partial charge >= 0.3 is 0 Å². The SMILES string of the molecule is CC(C)(C)NS(=O)(=O)c1ccccc1CNC(=O)C1CCNCC1. The fraction of sp³-hybridized carbons (Fsp3) is 0.588. The highest BCUT2D eigenvalue weighted by Crippen LogP contribution is 2.18. The summed E-state index contributed by atoms with van der Waals surface area (Å²) >= 11 is 0. The van der Waals surface area contributed by atoms with Crippen molar-refractivity contribution < 1.29 is 13.2 Å². The van der Waals surface area contributed by atoms with E-state index in [4.69, 9.17) is 0 Å². The van der Waals surface area contributed by atoms with E-state index in [1.165, 1.54) is 0 Å². The van der Waals surface area contributed by atoms with Crippen LogP contribution in [0.4, 0.5) is 0 Å². The Hall–Kier alpha value is -1.44. The van der Waals surface area contributed by atoms with Crippen LogP contribution in [0.1, 0.15) is 39.2 Å². The third-order valence-corrected chi connectivity index (χ3v) is 5.72. The number of amides is 1. The lowest BCUT2D eigenvalue weighted by Gasteiger charge is -2.23. The van der Waals surface area contributed by atoms with E-state index in [1.807, 2.05) is 0 Å². The van der Waals surface area contributed by atoms with Crippen LogP contribution in [0, 0.1) is 5.92 Å². The molecular weight excluding hydrogens is 326 g/mol. The zero-order valence-corrected chi connectivity index (χ0v) is 15.4. The van der Waals surface area contributed by atoms with Crippen molar-refractivity contribution in [2.75, 3.05) is 13.1 Å². The molecule has 3 N–H and O–H groups in total. The summed E-state index contributed by atoms with van der Waals surface area (Å²) in [6.45, 7) is 7.30. The summed E-state index contributed by atoms with van der Waals surface area (Å²) in [5, 5.41) is 6.11. The Balaban J connectivity index is 2.10. The number of sulfonamides is 1. The van der Waals surface area contributed by atoms with E-state index < -0.39 is 15.6 Å². The molecule has 1 aromatic carbocycles. The van der Waals surface area contributed by atoms with Crippen LogP contribution in [0.5, 0.6) is 0 Å². The molecular formula is C17H27N3O3S. The zero-order chi connectivity index (χ0) is 17.8. The van der Waals surface area contributed by atoms with Crippen LogP contribution in [-0.4, -0.2) is 33.0 Å². The molecule has 7 heteroatoms. The van der Waals surface area contributed by atoms with Gasteiger partial charge in [-0.25, -0.2) is 13.1 Å². The minimum absolute atomic E-state index is 0.00252. The van der Waals surface area contributed by atoms with Gasteiger partial charge in [-0.1, -0.05) is 18.2 Å². The number of hydrogen-bond donors (Lipinski definition) is 3. The van der Waals surface area contributed by atoms with Gasteiger partial charge in [0.15, 0.2) is 0 Å². The molecule has 6 nitrogen and oxygen atoms in total. The lowest BCUT2D eigenvalue weighted by atomic mass is 9.97. The molecule has 1 fully saturated rings. The fourth-order valence-corrected chi connectivity index (χ4v) is 4.44. The average Bonchev–Trinajstić information content (AvgIpc) is 2.51. The summed E-state index contributed by atoms with van der Waals surface area (Å²) in [6.07, 6.45) is 1.63. The Morgan fingerprint density at radius 1 is 1.21 bits per heavy atom. The number of carbonyl (C=O) groups excluding carboxylic acids is 1. The van der Waals surface area contributed by atoms with E-state index >= 15 is 0 Å². The molecule has 0 aliphatic carbocycles. The molecule has 1 saturated heterocycles. The normalized spacial score (nSPS) is 16.8. The molecule has 134 valence electrons. The van der Waals surface area contributed by atoms with E-state index in [0.29, 0.717) is 5.56 Å². The van der Waals surface area contributed by atoms with Crippen molar-refractivity contribution in [1.82, 2.24) is 15.4 Å². The number of hydrogen-bond acceptors (Lipinski definition) is 4. The average molecular weight is 353 g/mol. The number of piperidine rings is 1. The summed E-state index contributed by atoms with van der Waals surface area (Å²) < 4.78 is 27.8. The molecule has 0 radical (unpaired) electrons. The molecule has 1 aliphatic rings. The number of nitrogens with one attached hydrogen (secondary N) is 3. The summed E-state index contributed by atoms with van der Waals surface area (Å²) in [6, 6.07) is 6.78. The van der Waals surface area contributed by atoms with Gasteiger partial charge in [0.1, 0.15) is 0 Å². The van der Waals surface area contributed by atoms with Gasteiger partial charge < -0.3 is 10.6 Å². The first-order valence-electron chi connectivity index (χ1n) is 8.29. The second-order valence-electron chi connectivity index (χ2n) is 7.21. The zero-order valence-electron chi connectivity index (χ0n) is 14.6. The van der Waals surface area contributed by atoms with Crippen molar-refractivity contribution in [3.63, 3.8) is 0 Å². The maximum absolute atomic E-state index is 12.6. The summed E-state index contributed by atoms with van der Waals surface area (Å²) in [4.78, 5) is 12.5. The van der Waals surface area contributed by atoms with Gasteiger partial charge in [-0.3, -0.25) is 4.79 Å². The van der Waals surface area contributed by atoms with Gasteiger partial charge in [-0.05, 0) is 58.3 Å². The quantitative estimate of drug-likeness (QED) is 0.746. The Morgan fingerprint density at radius 2 is 1.83 bits per heavy atom. The molecule has 1 aromatic rings. The van der Waals surface area contributed by atoms with Crippen LogP contribution >= 0.6 is 0 Å². The second-order valence-corrected chi connectivity index (χ2v) is 8.86. The Kier molecular flexibility index (Phi) is 6.01. The minimum atomic E-state index is -3.63. The molecule has 0 spiro atoms. The van der Waals surface area contributed by atoms with Crippen molar-refractivity contribution in [2.24, 2.45) is 5.92 Å². The molecule has 0 bridgehead atoms. The van der Waals surface area contributed by atoms with Crippen LogP contribution in [0.2, 0.25) is 0 Å². The molecule has 1 amide bonds. The Bertz CT molecular complexity index is 675. The van der Waals surface area contributed by atoms with Gasteiger partial charge in [0.25, 0.3) is 0 Å².